The third-order valence-corrected chi connectivity index (χ3v) is 6.24. The molecule has 0 bridgehead atoms. The van der Waals surface area contributed by atoms with Crippen LogP contribution in [0.2, 0.25) is 0 Å². The first-order valence-corrected chi connectivity index (χ1v) is 10.3. The van der Waals surface area contributed by atoms with Gasteiger partial charge < -0.3 is 0 Å². The number of thiophene rings is 1. The number of benzene rings is 1. The molecule has 0 saturated carbocycles. The van der Waals surface area contributed by atoms with E-state index < -0.39 is 0 Å². The first-order chi connectivity index (χ1) is 12.3. The second-order valence-electron chi connectivity index (χ2n) is 6.04. The van der Waals surface area contributed by atoms with E-state index in [9.17, 15) is 4.79 Å². The van der Waals surface area contributed by atoms with E-state index in [1.54, 1.807) is 11.8 Å². The van der Waals surface area contributed by atoms with Gasteiger partial charge in [0.15, 0.2) is 11.6 Å². The Bertz CT molecular complexity index is 876. The molecule has 0 fully saturated rings. The van der Waals surface area contributed by atoms with Crippen molar-refractivity contribution in [1.29, 1.82) is 0 Å². The lowest BCUT2D eigenvalue weighted by atomic mass is 9.97. The summed E-state index contributed by atoms with van der Waals surface area (Å²) in [6, 6.07) is 13.9. The number of carbonyl (C=O) groups excluding carboxylic acids is 1. The van der Waals surface area contributed by atoms with E-state index in [2.05, 4.69) is 0 Å². The van der Waals surface area contributed by atoms with E-state index >= 15 is 0 Å². The summed E-state index contributed by atoms with van der Waals surface area (Å²) in [6.45, 7) is 0. The van der Waals surface area contributed by atoms with Crippen LogP contribution in [0, 0.1) is 0 Å². The van der Waals surface area contributed by atoms with Crippen LogP contribution in [0.4, 0.5) is 0 Å². The minimum absolute atomic E-state index is 0.171. The highest BCUT2D eigenvalue weighted by Crippen LogP contribution is 2.31. The Morgan fingerprint density at radius 3 is 2.68 bits per heavy atom. The van der Waals surface area contributed by atoms with Gasteiger partial charge in [0, 0.05) is 16.8 Å². The number of Topliss-reactive ketones (excluding diaryl/α,β-unsaturated/α-hetero) is 1. The number of rotatable bonds is 5. The summed E-state index contributed by atoms with van der Waals surface area (Å²) in [5.41, 5.74) is 3.43. The fourth-order valence-electron chi connectivity index (χ4n) is 3.04. The molecule has 3 nitrogen and oxygen atoms in total. The van der Waals surface area contributed by atoms with Crippen molar-refractivity contribution < 1.29 is 4.79 Å². The second kappa shape index (κ2) is 7.50. The topological polar surface area (TPSA) is 42.9 Å². The van der Waals surface area contributed by atoms with Crippen LogP contribution in [-0.4, -0.2) is 21.5 Å². The molecular formula is C20H18N2OS2. The summed E-state index contributed by atoms with van der Waals surface area (Å²) in [5.74, 6) is 1.37. The first kappa shape index (κ1) is 16.5. The van der Waals surface area contributed by atoms with Crippen molar-refractivity contribution in [2.75, 3.05) is 5.75 Å². The number of hydrogen-bond acceptors (Lipinski definition) is 5. The van der Waals surface area contributed by atoms with Crippen molar-refractivity contribution in [3.63, 3.8) is 0 Å². The van der Waals surface area contributed by atoms with Crippen molar-refractivity contribution in [1.82, 2.24) is 9.97 Å². The number of aryl methyl sites for hydroxylation is 1. The number of thioether (sulfide) groups is 1. The lowest BCUT2D eigenvalue weighted by Crippen LogP contribution is -2.11. The highest BCUT2D eigenvalue weighted by Gasteiger charge is 2.20. The predicted octanol–water partition coefficient (Wildman–Crippen LogP) is 5.06. The molecule has 5 heteroatoms. The van der Waals surface area contributed by atoms with Gasteiger partial charge in [0.1, 0.15) is 5.03 Å². The van der Waals surface area contributed by atoms with E-state index in [4.69, 9.17) is 9.97 Å². The minimum Gasteiger partial charge on any atom is -0.292 e. The number of hydrogen-bond donors (Lipinski definition) is 0. The van der Waals surface area contributed by atoms with Crippen molar-refractivity contribution in [2.24, 2.45) is 0 Å². The predicted molar refractivity (Wildman–Crippen MR) is 103 cm³/mol. The largest absolute Gasteiger partial charge is 0.292 e. The van der Waals surface area contributed by atoms with Crippen LogP contribution in [-0.2, 0) is 12.8 Å². The van der Waals surface area contributed by atoms with Crippen LogP contribution in [0.15, 0.2) is 52.9 Å². The monoisotopic (exact) mass is 366 g/mol. The Labute approximate surface area is 155 Å². The van der Waals surface area contributed by atoms with Gasteiger partial charge in [0.2, 0.25) is 0 Å². The number of fused-ring (bicyclic) bond motifs is 1. The Morgan fingerprint density at radius 2 is 1.88 bits per heavy atom. The Morgan fingerprint density at radius 1 is 1.04 bits per heavy atom. The van der Waals surface area contributed by atoms with Crippen LogP contribution >= 0.6 is 23.1 Å². The van der Waals surface area contributed by atoms with E-state index in [1.165, 1.54) is 29.7 Å². The molecule has 0 amide bonds. The molecule has 2 aromatic heterocycles. The number of aromatic nitrogens is 2. The molecule has 0 radical (unpaired) electrons. The molecule has 4 rings (SSSR count). The maximum Gasteiger partial charge on any atom is 0.183 e. The van der Waals surface area contributed by atoms with Crippen LogP contribution in [0.5, 0.6) is 0 Å². The molecular weight excluding hydrogens is 348 g/mol. The van der Waals surface area contributed by atoms with Gasteiger partial charge >= 0.3 is 0 Å². The summed E-state index contributed by atoms with van der Waals surface area (Å²) < 4.78 is 0. The summed E-state index contributed by atoms with van der Waals surface area (Å²) >= 11 is 3.06. The lowest BCUT2D eigenvalue weighted by Gasteiger charge is -2.18. The lowest BCUT2D eigenvalue weighted by molar-refractivity contribution is 0.102. The van der Waals surface area contributed by atoms with Gasteiger partial charge in [0.25, 0.3) is 0 Å². The molecule has 0 atom stereocenters. The number of carbonyl (C=O) groups is 1. The molecule has 126 valence electrons. The average molecular weight is 367 g/mol. The molecule has 0 saturated heterocycles. The van der Waals surface area contributed by atoms with Gasteiger partial charge in [-0.25, -0.2) is 9.97 Å². The SMILES string of the molecule is O=C(CSc1nc(-c2ccccc2)nc2c1CCCC2)c1cccs1. The van der Waals surface area contributed by atoms with Crippen molar-refractivity contribution >= 4 is 28.9 Å². The molecule has 0 N–H and O–H groups in total. The molecule has 0 spiro atoms. The summed E-state index contributed by atoms with van der Waals surface area (Å²) in [6.07, 6.45) is 4.37. The molecule has 1 aliphatic rings. The number of nitrogens with zero attached hydrogens (tertiary/aromatic N) is 2. The third kappa shape index (κ3) is 3.67. The fourth-order valence-corrected chi connectivity index (χ4v) is 4.76. The third-order valence-electron chi connectivity index (χ3n) is 4.31. The zero-order chi connectivity index (χ0) is 17.1. The van der Waals surface area contributed by atoms with Crippen molar-refractivity contribution in [3.05, 3.63) is 64.0 Å². The van der Waals surface area contributed by atoms with Gasteiger partial charge in [-0.3, -0.25) is 4.79 Å². The average Bonchev–Trinajstić information content (AvgIpc) is 3.21. The summed E-state index contributed by atoms with van der Waals surface area (Å²) in [7, 11) is 0. The zero-order valence-electron chi connectivity index (χ0n) is 13.8. The van der Waals surface area contributed by atoms with Gasteiger partial charge in [-0.15, -0.1) is 11.3 Å². The van der Waals surface area contributed by atoms with Crippen LogP contribution in [0.25, 0.3) is 11.4 Å². The highest BCUT2D eigenvalue weighted by molar-refractivity contribution is 8.00. The van der Waals surface area contributed by atoms with E-state index in [0.717, 1.165) is 39.8 Å². The van der Waals surface area contributed by atoms with E-state index in [-0.39, 0.29) is 5.78 Å². The van der Waals surface area contributed by atoms with Crippen LogP contribution in [0.1, 0.15) is 33.8 Å². The van der Waals surface area contributed by atoms with E-state index in [1.807, 2.05) is 47.8 Å². The second-order valence-corrected chi connectivity index (χ2v) is 7.95. The summed E-state index contributed by atoms with van der Waals surface area (Å²) in [4.78, 5) is 22.8. The molecule has 3 aromatic rings. The molecule has 1 aromatic carbocycles. The Balaban J connectivity index is 1.64. The minimum atomic E-state index is 0.171. The number of ketones is 1. The van der Waals surface area contributed by atoms with Gasteiger partial charge in [-0.2, -0.15) is 0 Å². The van der Waals surface area contributed by atoms with Crippen molar-refractivity contribution in [2.45, 2.75) is 30.7 Å². The van der Waals surface area contributed by atoms with Crippen LogP contribution < -0.4 is 0 Å². The molecule has 0 aliphatic heterocycles. The van der Waals surface area contributed by atoms with Gasteiger partial charge in [0.05, 0.1) is 10.6 Å². The molecule has 2 heterocycles. The van der Waals surface area contributed by atoms with Crippen molar-refractivity contribution in [3.8, 4) is 11.4 Å². The quantitative estimate of drug-likeness (QED) is 0.360. The molecule has 1 aliphatic carbocycles. The normalized spacial score (nSPS) is 13.4. The molecule has 0 unspecified atom stereocenters. The summed E-state index contributed by atoms with van der Waals surface area (Å²) in [5, 5.41) is 2.92. The zero-order valence-corrected chi connectivity index (χ0v) is 15.4. The van der Waals surface area contributed by atoms with Gasteiger partial charge in [-0.1, -0.05) is 48.2 Å². The Hall–Kier alpha value is -1.98. The van der Waals surface area contributed by atoms with Gasteiger partial charge in [-0.05, 0) is 37.1 Å². The fraction of sp³-hybridized carbons (Fsp3) is 0.250. The van der Waals surface area contributed by atoms with E-state index in [0.29, 0.717) is 5.75 Å². The maximum absolute atomic E-state index is 12.3. The standard InChI is InChI=1S/C20H18N2OS2/c23-17(18-11-6-12-24-18)13-25-20-15-9-4-5-10-16(15)21-19(22-20)14-7-2-1-3-8-14/h1-3,6-8,11-12H,4-5,9-10,13H2. The Kier molecular flexibility index (Phi) is 4.95. The highest BCUT2D eigenvalue weighted by atomic mass is 32.2. The maximum atomic E-state index is 12.3. The first-order valence-electron chi connectivity index (χ1n) is 8.46. The molecule has 25 heavy (non-hydrogen) atoms. The smallest absolute Gasteiger partial charge is 0.183 e. The van der Waals surface area contributed by atoms with Crippen LogP contribution in [0.3, 0.4) is 0 Å².